The molecule has 0 radical (unpaired) electrons. The lowest BCUT2D eigenvalue weighted by molar-refractivity contribution is 0.408. The molecule has 4 heterocycles. The summed E-state index contributed by atoms with van der Waals surface area (Å²) in [5.41, 5.74) is 1.35. The standard InChI is InChI=1S/C23H20N6O3/c1-3-20-25-23(27-26-20)29-11-9-18-16(22(29)31)12-15-17(24-18)8-10-28(21(15)30)13-14-6-4-5-7-19(14)32-2/h4-12H,3,13H2,1-2H3,(H,25,26,27). The highest BCUT2D eigenvalue weighted by molar-refractivity contribution is 5.91. The van der Waals surface area contributed by atoms with Crippen molar-refractivity contribution in [3.63, 3.8) is 0 Å². The van der Waals surface area contributed by atoms with Gasteiger partial charge >= 0.3 is 0 Å². The Kier molecular flexibility index (Phi) is 4.78. The Labute approximate surface area is 182 Å². The highest BCUT2D eigenvalue weighted by Gasteiger charge is 2.13. The zero-order valence-electron chi connectivity index (χ0n) is 17.6. The molecule has 0 spiro atoms. The molecular weight excluding hydrogens is 408 g/mol. The van der Waals surface area contributed by atoms with Gasteiger partial charge in [-0.15, -0.1) is 5.10 Å². The van der Waals surface area contributed by atoms with Crippen LogP contribution in [0.25, 0.3) is 27.8 Å². The van der Waals surface area contributed by atoms with Crippen LogP contribution in [-0.4, -0.2) is 36.4 Å². The van der Waals surface area contributed by atoms with Crippen LogP contribution in [0.3, 0.4) is 0 Å². The normalized spacial score (nSPS) is 11.3. The maximum atomic E-state index is 13.2. The van der Waals surface area contributed by atoms with E-state index in [0.717, 1.165) is 5.56 Å². The van der Waals surface area contributed by atoms with Crippen molar-refractivity contribution in [1.82, 2.24) is 29.3 Å². The lowest BCUT2D eigenvalue weighted by Crippen LogP contribution is -2.22. The number of rotatable bonds is 5. The minimum atomic E-state index is -0.335. The molecule has 4 aromatic heterocycles. The molecule has 1 N–H and O–H groups in total. The van der Waals surface area contributed by atoms with Gasteiger partial charge < -0.3 is 9.30 Å². The van der Waals surface area contributed by atoms with E-state index in [1.54, 1.807) is 42.3 Å². The minimum Gasteiger partial charge on any atom is -0.496 e. The lowest BCUT2D eigenvalue weighted by atomic mass is 10.1. The van der Waals surface area contributed by atoms with Crippen molar-refractivity contribution in [2.75, 3.05) is 7.11 Å². The highest BCUT2D eigenvalue weighted by atomic mass is 16.5. The molecule has 0 saturated heterocycles. The molecule has 0 atom stereocenters. The molecule has 9 nitrogen and oxygen atoms in total. The molecule has 0 aliphatic carbocycles. The second-order valence-electron chi connectivity index (χ2n) is 7.34. The van der Waals surface area contributed by atoms with Crippen LogP contribution in [0.4, 0.5) is 0 Å². The highest BCUT2D eigenvalue weighted by Crippen LogP contribution is 2.19. The van der Waals surface area contributed by atoms with Gasteiger partial charge in [-0.25, -0.2) is 9.55 Å². The second-order valence-corrected chi connectivity index (χ2v) is 7.34. The largest absolute Gasteiger partial charge is 0.496 e. The number of benzene rings is 1. The van der Waals surface area contributed by atoms with Gasteiger partial charge in [-0.05, 0) is 24.3 Å². The first-order valence-corrected chi connectivity index (χ1v) is 10.2. The van der Waals surface area contributed by atoms with Crippen molar-refractivity contribution in [3.8, 4) is 11.7 Å². The van der Waals surface area contributed by atoms with Crippen LogP contribution in [0.15, 0.2) is 64.4 Å². The number of para-hydroxylation sites is 1. The summed E-state index contributed by atoms with van der Waals surface area (Å²) in [6, 6.07) is 12.6. The molecule has 0 fully saturated rings. The maximum absolute atomic E-state index is 13.2. The summed E-state index contributed by atoms with van der Waals surface area (Å²) in [5, 5.41) is 7.62. The average Bonchev–Trinajstić information content (AvgIpc) is 3.30. The SMILES string of the molecule is CCc1nc(-n2ccc3nc4ccn(Cc5ccccc5OC)c(=O)c4cc3c2=O)n[nH]1. The number of aromatic amines is 1. The number of methoxy groups -OCH3 is 1. The van der Waals surface area contributed by atoms with Crippen molar-refractivity contribution in [1.29, 1.82) is 0 Å². The van der Waals surface area contributed by atoms with Gasteiger partial charge in [0, 0.05) is 24.4 Å². The number of pyridine rings is 3. The Morgan fingerprint density at radius 1 is 0.969 bits per heavy atom. The molecule has 160 valence electrons. The Bertz CT molecular complexity index is 1580. The third-order valence-electron chi connectivity index (χ3n) is 5.42. The summed E-state index contributed by atoms with van der Waals surface area (Å²) in [6.45, 7) is 2.28. The van der Waals surface area contributed by atoms with Crippen LogP contribution in [0.2, 0.25) is 0 Å². The fraction of sp³-hybridized carbons (Fsp3) is 0.174. The molecule has 0 amide bonds. The summed E-state index contributed by atoms with van der Waals surface area (Å²) in [7, 11) is 1.60. The fourth-order valence-corrected chi connectivity index (χ4v) is 3.71. The number of aryl methyl sites for hydroxylation is 1. The van der Waals surface area contributed by atoms with E-state index in [4.69, 9.17) is 4.74 Å². The molecule has 5 rings (SSSR count). The molecular formula is C23H20N6O3. The van der Waals surface area contributed by atoms with E-state index in [2.05, 4.69) is 20.2 Å². The van der Waals surface area contributed by atoms with E-state index in [9.17, 15) is 9.59 Å². The van der Waals surface area contributed by atoms with Gasteiger partial charge in [0.2, 0.25) is 0 Å². The van der Waals surface area contributed by atoms with Crippen LogP contribution >= 0.6 is 0 Å². The number of aromatic nitrogens is 6. The molecule has 9 heteroatoms. The maximum Gasteiger partial charge on any atom is 0.267 e. The topological polar surface area (TPSA) is 108 Å². The predicted molar refractivity (Wildman–Crippen MR) is 121 cm³/mol. The Balaban J connectivity index is 1.65. The monoisotopic (exact) mass is 428 g/mol. The average molecular weight is 428 g/mol. The third kappa shape index (κ3) is 3.24. The van der Waals surface area contributed by atoms with Gasteiger partial charge in [0.25, 0.3) is 17.1 Å². The van der Waals surface area contributed by atoms with Gasteiger partial charge in [0.05, 0.1) is 35.5 Å². The summed E-state index contributed by atoms with van der Waals surface area (Å²) >= 11 is 0. The van der Waals surface area contributed by atoms with E-state index in [1.807, 2.05) is 31.2 Å². The Morgan fingerprint density at radius 2 is 1.72 bits per heavy atom. The predicted octanol–water partition coefficient (Wildman–Crippen LogP) is 2.44. The number of hydrogen-bond acceptors (Lipinski definition) is 6. The molecule has 0 bridgehead atoms. The van der Waals surface area contributed by atoms with Crippen molar-refractivity contribution >= 4 is 21.8 Å². The summed E-state index contributed by atoms with van der Waals surface area (Å²) < 4.78 is 8.33. The van der Waals surface area contributed by atoms with Gasteiger partial charge in [-0.3, -0.25) is 14.7 Å². The quantitative estimate of drug-likeness (QED) is 0.431. The number of nitrogens with one attached hydrogen (secondary N) is 1. The number of hydrogen-bond donors (Lipinski definition) is 1. The van der Waals surface area contributed by atoms with Crippen LogP contribution in [-0.2, 0) is 13.0 Å². The lowest BCUT2D eigenvalue weighted by Gasteiger charge is -2.11. The van der Waals surface area contributed by atoms with Gasteiger partial charge in [-0.2, -0.15) is 4.98 Å². The van der Waals surface area contributed by atoms with Crippen molar-refractivity contribution < 1.29 is 4.74 Å². The fourth-order valence-electron chi connectivity index (χ4n) is 3.71. The van der Waals surface area contributed by atoms with Gasteiger partial charge in [-0.1, -0.05) is 25.1 Å². The van der Waals surface area contributed by atoms with Crippen molar-refractivity contribution in [2.24, 2.45) is 0 Å². The summed E-state index contributed by atoms with van der Waals surface area (Å²) in [6.07, 6.45) is 3.97. The van der Waals surface area contributed by atoms with Crippen LogP contribution in [0, 0.1) is 0 Å². The third-order valence-corrected chi connectivity index (χ3v) is 5.42. The zero-order valence-corrected chi connectivity index (χ0v) is 17.6. The number of H-pyrrole nitrogens is 1. The smallest absolute Gasteiger partial charge is 0.267 e. The summed E-state index contributed by atoms with van der Waals surface area (Å²) in [4.78, 5) is 35.2. The zero-order chi connectivity index (χ0) is 22.2. The van der Waals surface area contributed by atoms with Crippen LogP contribution in [0.5, 0.6) is 5.75 Å². The molecule has 0 unspecified atom stereocenters. The summed E-state index contributed by atoms with van der Waals surface area (Å²) in [5.74, 6) is 1.65. The molecule has 1 aromatic carbocycles. The van der Waals surface area contributed by atoms with E-state index >= 15 is 0 Å². The first-order chi connectivity index (χ1) is 15.6. The minimum absolute atomic E-state index is 0.233. The van der Waals surface area contributed by atoms with E-state index in [-0.39, 0.29) is 17.1 Å². The second kappa shape index (κ2) is 7.77. The van der Waals surface area contributed by atoms with Crippen LogP contribution in [0.1, 0.15) is 18.3 Å². The number of ether oxygens (including phenoxy) is 1. The van der Waals surface area contributed by atoms with Crippen molar-refractivity contribution in [2.45, 2.75) is 19.9 Å². The number of nitrogens with zero attached hydrogens (tertiary/aromatic N) is 5. The first-order valence-electron chi connectivity index (χ1n) is 10.2. The molecule has 5 aromatic rings. The molecule has 0 aliphatic rings. The molecule has 32 heavy (non-hydrogen) atoms. The molecule has 0 aliphatic heterocycles. The van der Waals surface area contributed by atoms with Crippen LogP contribution < -0.4 is 15.9 Å². The van der Waals surface area contributed by atoms with E-state index in [0.29, 0.717) is 46.3 Å². The Hall–Kier alpha value is -4.27. The van der Waals surface area contributed by atoms with Gasteiger partial charge in [0.1, 0.15) is 11.6 Å². The first kappa shape index (κ1) is 19.7. The van der Waals surface area contributed by atoms with Gasteiger partial charge in [0.15, 0.2) is 0 Å². The van der Waals surface area contributed by atoms with Crippen molar-refractivity contribution in [3.05, 3.63) is 87.0 Å². The van der Waals surface area contributed by atoms with E-state index in [1.165, 1.54) is 4.57 Å². The Morgan fingerprint density at radius 3 is 2.47 bits per heavy atom. The number of fused-ring (bicyclic) bond motifs is 2. The molecule has 0 saturated carbocycles. The van der Waals surface area contributed by atoms with E-state index < -0.39 is 0 Å².